The third-order valence-electron chi connectivity index (χ3n) is 5.11. The number of β-lactam (4-membered cyclic amide) rings is 1. The van der Waals surface area contributed by atoms with Gasteiger partial charge in [0, 0.05) is 23.4 Å². The number of hydrogen-bond acceptors (Lipinski definition) is 14. The van der Waals surface area contributed by atoms with Crippen molar-refractivity contribution in [2.75, 3.05) is 37.9 Å². The number of rotatable bonds is 10. The number of aromatic nitrogens is 5. The van der Waals surface area contributed by atoms with Crippen molar-refractivity contribution in [3.63, 3.8) is 0 Å². The minimum absolute atomic E-state index is 0.000917. The number of tetrazole rings is 1. The van der Waals surface area contributed by atoms with Crippen LogP contribution in [-0.2, 0) is 37.7 Å². The van der Waals surface area contributed by atoms with Gasteiger partial charge in [-0.25, -0.2) is 14.5 Å². The molecule has 1 saturated heterocycles. The summed E-state index contributed by atoms with van der Waals surface area (Å²) in [5.41, 5.74) is 6.68. The van der Waals surface area contributed by atoms with E-state index < -0.39 is 33.7 Å². The van der Waals surface area contributed by atoms with Crippen LogP contribution in [0.3, 0.4) is 0 Å². The zero-order chi connectivity index (χ0) is 28.9. The first-order valence-electron chi connectivity index (χ1n) is 10.9. The van der Waals surface area contributed by atoms with E-state index in [1.54, 1.807) is 10.1 Å². The lowest BCUT2D eigenvalue weighted by molar-refractivity contribution is -0.150. The summed E-state index contributed by atoms with van der Waals surface area (Å²) in [6, 6.07) is -0.782. The third-order valence-corrected chi connectivity index (χ3v) is 8.22. The molecule has 4 heterocycles. The molecule has 4 rings (SSSR count). The van der Waals surface area contributed by atoms with Gasteiger partial charge in [-0.05, 0) is 30.1 Å². The van der Waals surface area contributed by atoms with Gasteiger partial charge in [-0.15, -0.1) is 28.2 Å². The van der Waals surface area contributed by atoms with Gasteiger partial charge in [0.25, 0.3) is 5.91 Å². The third kappa shape index (κ3) is 8.58. The molecule has 39 heavy (non-hydrogen) atoms. The summed E-state index contributed by atoms with van der Waals surface area (Å²) in [5, 5.41) is 26.4. The number of nitrogens with two attached hydrogens (primary N) is 1. The van der Waals surface area contributed by atoms with Crippen LogP contribution < -0.4 is 11.1 Å². The highest BCUT2D eigenvalue weighted by molar-refractivity contribution is 8.01. The molecule has 0 saturated carbocycles. The molecule has 214 valence electrons. The first-order valence-corrected chi connectivity index (χ1v) is 15.2. The predicted octanol–water partition coefficient (Wildman–Crippen LogP) is -1.31. The lowest BCUT2D eigenvalue weighted by Gasteiger charge is -2.49. The number of nitrogen functional groups attached to an aromatic ring is 1. The standard InChI is InChI=1S/C18H23N9O4S3.H2O4S/c1-25(2)3-4-26-18(22-23-24-26)34-7-9-6-32-15-12(14(29)27(15)13(9)16(30)31)21-11(28)5-10-8-33-17(19)20-10;1-5(2,3)4/h8,12,15H,3-7H2,1-2H3,(H2,19,20)(H,21,28)(H,30,31);(H2,1,2,3,4)/t12-,15-;/m1./s1. The molecular weight excluding hydrogens is 599 g/mol. The normalized spacial score (nSPS) is 18.8. The summed E-state index contributed by atoms with van der Waals surface area (Å²) in [6.07, 6.45) is 0.000917. The van der Waals surface area contributed by atoms with E-state index in [1.165, 1.54) is 39.8 Å². The minimum atomic E-state index is -4.67. The van der Waals surface area contributed by atoms with Gasteiger partial charge in [0.1, 0.15) is 17.1 Å². The van der Waals surface area contributed by atoms with E-state index in [9.17, 15) is 19.5 Å². The average molecular weight is 624 g/mol. The SMILES string of the molecule is CN(C)CCn1nnnc1SCC1=C(C(=O)O)N2C(=O)[C@@H](NC(=O)Cc3csc(N)n3)[C@H]2SC1.O=S(=O)(O)O. The Bertz CT molecular complexity index is 1350. The number of amides is 2. The quantitative estimate of drug-likeness (QED) is 0.117. The van der Waals surface area contributed by atoms with Crippen LogP contribution in [0.4, 0.5) is 5.13 Å². The van der Waals surface area contributed by atoms with Gasteiger partial charge in [0.15, 0.2) is 5.13 Å². The summed E-state index contributed by atoms with van der Waals surface area (Å²) in [5.74, 6) is -1.24. The van der Waals surface area contributed by atoms with Crippen LogP contribution in [0.15, 0.2) is 21.8 Å². The number of carboxylic acids is 1. The van der Waals surface area contributed by atoms with Crippen molar-refractivity contribution in [2.45, 2.75) is 29.5 Å². The number of aliphatic carboxylic acids is 1. The molecule has 0 aliphatic carbocycles. The molecule has 0 spiro atoms. The zero-order valence-corrected chi connectivity index (χ0v) is 23.8. The fourth-order valence-electron chi connectivity index (χ4n) is 3.47. The van der Waals surface area contributed by atoms with E-state index in [4.69, 9.17) is 23.3 Å². The molecule has 2 amide bonds. The Labute approximate surface area is 234 Å². The van der Waals surface area contributed by atoms with Crippen molar-refractivity contribution in [2.24, 2.45) is 0 Å². The van der Waals surface area contributed by atoms with E-state index >= 15 is 0 Å². The van der Waals surface area contributed by atoms with Crippen LogP contribution in [0.25, 0.3) is 0 Å². The van der Waals surface area contributed by atoms with E-state index in [1.807, 2.05) is 19.0 Å². The fraction of sp³-hybridized carbons (Fsp3) is 0.500. The van der Waals surface area contributed by atoms with E-state index in [0.29, 0.717) is 39.6 Å². The van der Waals surface area contributed by atoms with Crippen molar-refractivity contribution < 1.29 is 37.0 Å². The Balaban J connectivity index is 0.000000771. The first kappa shape index (κ1) is 30.7. The molecule has 6 N–H and O–H groups in total. The average Bonchev–Trinajstić information content (AvgIpc) is 3.46. The largest absolute Gasteiger partial charge is 0.477 e. The van der Waals surface area contributed by atoms with E-state index in [0.717, 1.165) is 6.54 Å². The van der Waals surface area contributed by atoms with Crippen LogP contribution in [-0.4, -0.2) is 119 Å². The molecule has 0 aromatic carbocycles. The maximum atomic E-state index is 12.8. The van der Waals surface area contributed by atoms with Crippen molar-refractivity contribution in [1.82, 2.24) is 40.3 Å². The number of carbonyl (C=O) groups excluding carboxylic acids is 2. The second kappa shape index (κ2) is 13.0. The number of carbonyl (C=O) groups is 3. The van der Waals surface area contributed by atoms with Crippen molar-refractivity contribution in [3.8, 4) is 0 Å². The Kier molecular flexibility index (Phi) is 10.3. The second-order valence-corrected chi connectivity index (χ2v) is 12.1. The molecule has 0 unspecified atom stereocenters. The Morgan fingerprint density at radius 1 is 1.33 bits per heavy atom. The Morgan fingerprint density at radius 2 is 2.03 bits per heavy atom. The number of likely N-dealkylation sites (N-methyl/N-ethyl adjacent to an activating group) is 1. The molecule has 2 aliphatic heterocycles. The number of nitrogens with zero attached hydrogens (tertiary/aromatic N) is 7. The maximum Gasteiger partial charge on any atom is 0.394 e. The molecule has 0 bridgehead atoms. The zero-order valence-electron chi connectivity index (χ0n) is 20.5. The van der Waals surface area contributed by atoms with Gasteiger partial charge in [0.2, 0.25) is 11.1 Å². The van der Waals surface area contributed by atoms with Gasteiger partial charge in [0.05, 0.1) is 18.7 Å². The molecule has 2 aromatic heterocycles. The van der Waals surface area contributed by atoms with Gasteiger partial charge in [-0.2, -0.15) is 8.42 Å². The monoisotopic (exact) mass is 623 g/mol. The number of carboxylic acid groups (broad SMARTS) is 1. The van der Waals surface area contributed by atoms with E-state index in [-0.39, 0.29) is 18.0 Å². The number of anilines is 1. The molecule has 2 aromatic rings. The summed E-state index contributed by atoms with van der Waals surface area (Å²) in [4.78, 5) is 44.5. The van der Waals surface area contributed by atoms with Crippen LogP contribution in [0.2, 0.25) is 0 Å². The summed E-state index contributed by atoms with van der Waals surface area (Å²) < 4.78 is 33.3. The van der Waals surface area contributed by atoms with Gasteiger partial charge < -0.3 is 21.1 Å². The van der Waals surface area contributed by atoms with Gasteiger partial charge in [-0.3, -0.25) is 23.6 Å². The maximum absolute atomic E-state index is 12.8. The predicted molar refractivity (Wildman–Crippen MR) is 141 cm³/mol. The number of hydrogen-bond donors (Lipinski definition) is 5. The molecule has 2 aliphatic rings. The Morgan fingerprint density at radius 3 is 2.62 bits per heavy atom. The molecule has 17 nitrogen and oxygen atoms in total. The first-order chi connectivity index (χ1) is 18.2. The molecule has 1 fully saturated rings. The topological polar surface area (TPSA) is 247 Å². The number of nitrogens with one attached hydrogen (secondary N) is 1. The highest BCUT2D eigenvalue weighted by atomic mass is 32.3. The van der Waals surface area contributed by atoms with Crippen molar-refractivity contribution >= 4 is 68.2 Å². The molecular formula is C18H25N9O8S4. The summed E-state index contributed by atoms with van der Waals surface area (Å²) in [7, 11) is -0.767. The lowest BCUT2D eigenvalue weighted by atomic mass is 10.0. The summed E-state index contributed by atoms with van der Waals surface area (Å²) in [6.45, 7) is 1.36. The second-order valence-electron chi connectivity index (χ2n) is 8.29. The van der Waals surface area contributed by atoms with Gasteiger partial charge >= 0.3 is 16.4 Å². The van der Waals surface area contributed by atoms with Crippen molar-refractivity contribution in [3.05, 3.63) is 22.3 Å². The number of thiazole rings is 1. The highest BCUT2D eigenvalue weighted by Crippen LogP contribution is 2.41. The van der Waals surface area contributed by atoms with E-state index in [2.05, 4.69) is 25.8 Å². The smallest absolute Gasteiger partial charge is 0.394 e. The molecule has 0 radical (unpaired) electrons. The minimum Gasteiger partial charge on any atom is -0.477 e. The number of fused-ring (bicyclic) bond motifs is 1. The van der Waals surface area contributed by atoms with Crippen molar-refractivity contribution in [1.29, 1.82) is 0 Å². The van der Waals surface area contributed by atoms with Gasteiger partial charge in [-0.1, -0.05) is 11.8 Å². The van der Waals surface area contributed by atoms with Crippen LogP contribution in [0.5, 0.6) is 0 Å². The van der Waals surface area contributed by atoms with Crippen LogP contribution in [0.1, 0.15) is 5.69 Å². The fourth-order valence-corrected chi connectivity index (χ4v) is 6.42. The lowest BCUT2D eigenvalue weighted by Crippen LogP contribution is -2.70. The molecule has 2 atom stereocenters. The molecule has 21 heteroatoms. The highest BCUT2D eigenvalue weighted by Gasteiger charge is 2.54. The number of thioether (sulfide) groups is 2. The van der Waals surface area contributed by atoms with Crippen LogP contribution in [0, 0.1) is 0 Å². The Hall–Kier alpha value is -2.82. The summed E-state index contributed by atoms with van der Waals surface area (Å²) >= 11 is 3.98. The van der Waals surface area contributed by atoms with Crippen LogP contribution >= 0.6 is 34.9 Å².